The SMILES string of the molecule is Cc1nc(NCc2ccc3c(c2)CCO3)cc(C2CC(O)C2)n1. The Morgan fingerprint density at radius 1 is 1.26 bits per heavy atom. The van der Waals surface area contributed by atoms with Crippen LogP contribution in [0.3, 0.4) is 0 Å². The first kappa shape index (κ1) is 14.5. The molecule has 4 rings (SSSR count). The summed E-state index contributed by atoms with van der Waals surface area (Å²) in [5.74, 6) is 3.00. The molecule has 120 valence electrons. The lowest BCUT2D eigenvalue weighted by molar-refractivity contribution is 0.0731. The van der Waals surface area contributed by atoms with Crippen LogP contribution in [0.15, 0.2) is 24.3 Å². The molecule has 1 aliphatic heterocycles. The van der Waals surface area contributed by atoms with Crippen molar-refractivity contribution in [1.29, 1.82) is 0 Å². The number of anilines is 1. The second-order valence-corrected chi connectivity index (χ2v) is 6.44. The third kappa shape index (κ3) is 3.01. The molecule has 5 nitrogen and oxygen atoms in total. The van der Waals surface area contributed by atoms with E-state index in [0.29, 0.717) is 5.92 Å². The van der Waals surface area contributed by atoms with Crippen LogP contribution in [0, 0.1) is 6.92 Å². The normalized spacial score (nSPS) is 22.2. The topological polar surface area (TPSA) is 67.3 Å². The fraction of sp³-hybridized carbons (Fsp3) is 0.444. The van der Waals surface area contributed by atoms with Gasteiger partial charge in [0, 0.05) is 30.6 Å². The highest BCUT2D eigenvalue weighted by atomic mass is 16.5. The molecule has 1 aromatic heterocycles. The van der Waals surface area contributed by atoms with Crippen LogP contribution >= 0.6 is 0 Å². The summed E-state index contributed by atoms with van der Waals surface area (Å²) in [7, 11) is 0. The second-order valence-electron chi connectivity index (χ2n) is 6.44. The van der Waals surface area contributed by atoms with Crippen LogP contribution in [-0.2, 0) is 13.0 Å². The third-order valence-electron chi connectivity index (χ3n) is 4.62. The van der Waals surface area contributed by atoms with E-state index in [1.807, 2.05) is 19.1 Å². The molecular formula is C18H21N3O2. The zero-order valence-corrected chi connectivity index (χ0v) is 13.2. The van der Waals surface area contributed by atoms with Crippen molar-refractivity contribution in [1.82, 2.24) is 9.97 Å². The second kappa shape index (κ2) is 5.81. The standard InChI is InChI=1S/C18H21N3O2/c1-11-20-16(14-7-15(22)8-14)9-18(21-11)19-10-12-2-3-17-13(6-12)4-5-23-17/h2-3,6,9,14-15,22H,4-5,7-8,10H2,1H3,(H,19,20,21). The summed E-state index contributed by atoms with van der Waals surface area (Å²) >= 11 is 0. The zero-order chi connectivity index (χ0) is 15.8. The van der Waals surface area contributed by atoms with Crippen LogP contribution in [-0.4, -0.2) is 27.8 Å². The van der Waals surface area contributed by atoms with Crippen molar-refractivity contribution in [3.8, 4) is 5.75 Å². The molecule has 0 radical (unpaired) electrons. The Kier molecular flexibility index (Phi) is 3.65. The predicted molar refractivity (Wildman–Crippen MR) is 87.7 cm³/mol. The number of hydrogen-bond donors (Lipinski definition) is 2. The molecule has 1 aromatic carbocycles. The Morgan fingerprint density at radius 2 is 2.13 bits per heavy atom. The van der Waals surface area contributed by atoms with Crippen LogP contribution in [0.25, 0.3) is 0 Å². The number of nitrogens with zero attached hydrogens (tertiary/aromatic N) is 2. The first-order valence-corrected chi connectivity index (χ1v) is 8.19. The van der Waals surface area contributed by atoms with Gasteiger partial charge in [0.25, 0.3) is 0 Å². The fourth-order valence-electron chi connectivity index (χ4n) is 3.26. The van der Waals surface area contributed by atoms with Gasteiger partial charge in [-0.15, -0.1) is 0 Å². The number of benzene rings is 1. The summed E-state index contributed by atoms with van der Waals surface area (Å²) in [6, 6.07) is 8.35. The molecule has 2 heterocycles. The van der Waals surface area contributed by atoms with Crippen LogP contribution < -0.4 is 10.1 Å². The van der Waals surface area contributed by atoms with Gasteiger partial charge in [0.1, 0.15) is 17.4 Å². The van der Waals surface area contributed by atoms with E-state index in [4.69, 9.17) is 4.74 Å². The van der Waals surface area contributed by atoms with Crippen molar-refractivity contribution in [2.45, 2.75) is 44.8 Å². The molecule has 0 bridgehead atoms. The number of ether oxygens (including phenoxy) is 1. The van der Waals surface area contributed by atoms with Crippen LogP contribution in [0.1, 0.15) is 41.4 Å². The minimum atomic E-state index is -0.166. The maximum absolute atomic E-state index is 9.48. The van der Waals surface area contributed by atoms with Gasteiger partial charge in [-0.1, -0.05) is 12.1 Å². The molecule has 0 unspecified atom stereocenters. The highest BCUT2D eigenvalue weighted by Crippen LogP contribution is 2.36. The van der Waals surface area contributed by atoms with Gasteiger partial charge in [0.2, 0.25) is 0 Å². The van der Waals surface area contributed by atoms with Crippen molar-refractivity contribution in [3.63, 3.8) is 0 Å². The Labute approximate surface area is 135 Å². The van der Waals surface area contributed by atoms with Gasteiger partial charge in [-0.2, -0.15) is 0 Å². The van der Waals surface area contributed by atoms with E-state index in [1.54, 1.807) is 0 Å². The average Bonchev–Trinajstić information content (AvgIpc) is 2.97. The summed E-state index contributed by atoms with van der Waals surface area (Å²) in [5.41, 5.74) is 3.55. The number of aryl methyl sites for hydroxylation is 1. The van der Waals surface area contributed by atoms with Gasteiger partial charge in [-0.05, 0) is 37.0 Å². The van der Waals surface area contributed by atoms with Gasteiger partial charge in [0.05, 0.1) is 12.7 Å². The molecule has 1 saturated carbocycles. The van der Waals surface area contributed by atoms with Gasteiger partial charge in [-0.3, -0.25) is 0 Å². The minimum absolute atomic E-state index is 0.166. The largest absolute Gasteiger partial charge is 0.493 e. The van der Waals surface area contributed by atoms with E-state index in [9.17, 15) is 5.11 Å². The number of aromatic nitrogens is 2. The fourth-order valence-corrected chi connectivity index (χ4v) is 3.26. The Balaban J connectivity index is 1.46. The van der Waals surface area contributed by atoms with Crippen LogP contribution in [0.4, 0.5) is 5.82 Å². The first-order valence-electron chi connectivity index (χ1n) is 8.19. The molecule has 23 heavy (non-hydrogen) atoms. The number of hydrogen-bond acceptors (Lipinski definition) is 5. The van der Waals surface area contributed by atoms with Crippen LogP contribution in [0.2, 0.25) is 0 Å². The molecule has 1 fully saturated rings. The lowest BCUT2D eigenvalue weighted by Crippen LogP contribution is -2.27. The average molecular weight is 311 g/mol. The Morgan fingerprint density at radius 3 is 2.96 bits per heavy atom. The molecule has 2 aliphatic rings. The molecule has 0 saturated heterocycles. The summed E-state index contributed by atoms with van der Waals surface area (Å²) < 4.78 is 5.54. The maximum Gasteiger partial charge on any atom is 0.130 e. The predicted octanol–water partition coefficient (Wildman–Crippen LogP) is 2.57. The highest BCUT2D eigenvalue weighted by Gasteiger charge is 2.30. The number of aliphatic hydroxyl groups is 1. The Hall–Kier alpha value is -2.14. The van der Waals surface area contributed by atoms with Crippen molar-refractivity contribution in [2.75, 3.05) is 11.9 Å². The minimum Gasteiger partial charge on any atom is -0.493 e. The third-order valence-corrected chi connectivity index (χ3v) is 4.62. The van der Waals surface area contributed by atoms with Gasteiger partial charge < -0.3 is 15.2 Å². The summed E-state index contributed by atoms with van der Waals surface area (Å²) in [6.45, 7) is 3.43. The number of fused-ring (bicyclic) bond motifs is 1. The van der Waals surface area contributed by atoms with E-state index < -0.39 is 0 Å². The molecule has 0 amide bonds. The molecule has 2 aromatic rings. The molecular weight excluding hydrogens is 290 g/mol. The van der Waals surface area contributed by atoms with Crippen molar-refractivity contribution in [2.24, 2.45) is 0 Å². The number of rotatable bonds is 4. The van der Waals surface area contributed by atoms with E-state index >= 15 is 0 Å². The smallest absolute Gasteiger partial charge is 0.130 e. The first-order chi connectivity index (χ1) is 11.2. The molecule has 2 N–H and O–H groups in total. The van der Waals surface area contributed by atoms with Gasteiger partial charge in [0.15, 0.2) is 0 Å². The number of nitrogens with one attached hydrogen (secondary N) is 1. The lowest BCUT2D eigenvalue weighted by Gasteiger charge is -2.31. The molecule has 5 heteroatoms. The lowest BCUT2D eigenvalue weighted by atomic mass is 9.80. The summed E-state index contributed by atoms with van der Waals surface area (Å²) in [5, 5.41) is 12.9. The molecule has 1 aliphatic carbocycles. The molecule has 0 atom stereocenters. The van der Waals surface area contributed by atoms with Crippen LogP contribution in [0.5, 0.6) is 5.75 Å². The summed E-state index contributed by atoms with van der Waals surface area (Å²) in [6.07, 6.45) is 2.44. The van der Waals surface area contributed by atoms with E-state index in [0.717, 1.165) is 55.5 Å². The summed E-state index contributed by atoms with van der Waals surface area (Å²) in [4.78, 5) is 8.99. The highest BCUT2D eigenvalue weighted by molar-refractivity contribution is 5.43. The Bertz CT molecular complexity index is 726. The van der Waals surface area contributed by atoms with Crippen molar-refractivity contribution < 1.29 is 9.84 Å². The van der Waals surface area contributed by atoms with Gasteiger partial charge >= 0.3 is 0 Å². The molecule has 0 spiro atoms. The van der Waals surface area contributed by atoms with E-state index in [2.05, 4.69) is 27.4 Å². The maximum atomic E-state index is 9.48. The zero-order valence-electron chi connectivity index (χ0n) is 13.2. The monoisotopic (exact) mass is 311 g/mol. The number of aliphatic hydroxyl groups excluding tert-OH is 1. The van der Waals surface area contributed by atoms with E-state index in [1.165, 1.54) is 11.1 Å². The van der Waals surface area contributed by atoms with Gasteiger partial charge in [-0.25, -0.2) is 9.97 Å². The van der Waals surface area contributed by atoms with E-state index in [-0.39, 0.29) is 6.10 Å². The van der Waals surface area contributed by atoms with Crippen molar-refractivity contribution >= 4 is 5.82 Å². The van der Waals surface area contributed by atoms with Crippen molar-refractivity contribution in [3.05, 3.63) is 46.9 Å². The quantitative estimate of drug-likeness (QED) is 0.908.